The van der Waals surface area contributed by atoms with Crippen LogP contribution in [0.4, 0.5) is 5.13 Å². The Hall–Kier alpha value is -3.06. The topological polar surface area (TPSA) is 63.7 Å². The van der Waals surface area contributed by atoms with Gasteiger partial charge in [0.25, 0.3) is 0 Å². The van der Waals surface area contributed by atoms with Crippen LogP contribution in [0.5, 0.6) is 11.5 Å². The van der Waals surface area contributed by atoms with Crippen molar-refractivity contribution >= 4 is 22.4 Å². The van der Waals surface area contributed by atoms with Crippen molar-refractivity contribution < 1.29 is 14.3 Å². The maximum atomic E-state index is 12.5. The van der Waals surface area contributed by atoms with Gasteiger partial charge in [0.2, 0.25) is 5.91 Å². The molecule has 0 radical (unpaired) electrons. The van der Waals surface area contributed by atoms with Crippen LogP contribution in [0.3, 0.4) is 0 Å². The van der Waals surface area contributed by atoms with Crippen molar-refractivity contribution in [2.75, 3.05) is 25.1 Å². The lowest BCUT2D eigenvalue weighted by atomic mass is 10.1. The Kier molecular flexibility index (Phi) is 7.04. The molecular formula is C24H27N3O3S. The van der Waals surface area contributed by atoms with Gasteiger partial charge in [-0.15, -0.1) is 11.3 Å². The summed E-state index contributed by atoms with van der Waals surface area (Å²) in [5.41, 5.74) is 2.15. The fourth-order valence-electron chi connectivity index (χ4n) is 3.71. The number of hydrogen-bond acceptors (Lipinski definition) is 6. The number of aryl methyl sites for hydroxylation is 1. The van der Waals surface area contributed by atoms with Crippen molar-refractivity contribution in [3.8, 4) is 11.5 Å². The summed E-state index contributed by atoms with van der Waals surface area (Å²) >= 11 is 1.64. The second kappa shape index (κ2) is 10.3. The summed E-state index contributed by atoms with van der Waals surface area (Å²) in [6.07, 6.45) is 3.86. The molecular weight excluding hydrogens is 410 g/mol. The highest BCUT2D eigenvalue weighted by Gasteiger charge is 2.25. The monoisotopic (exact) mass is 437 g/mol. The molecule has 0 bridgehead atoms. The van der Waals surface area contributed by atoms with Crippen LogP contribution in [0.15, 0.2) is 60.1 Å². The van der Waals surface area contributed by atoms with Crippen molar-refractivity contribution in [2.24, 2.45) is 0 Å². The Morgan fingerprint density at radius 2 is 2.06 bits per heavy atom. The molecule has 1 aromatic heterocycles. The van der Waals surface area contributed by atoms with Gasteiger partial charge in [-0.1, -0.05) is 36.4 Å². The quantitative estimate of drug-likeness (QED) is 0.547. The van der Waals surface area contributed by atoms with E-state index in [4.69, 9.17) is 9.47 Å². The molecule has 1 saturated heterocycles. The maximum absolute atomic E-state index is 12.5. The van der Waals surface area contributed by atoms with Gasteiger partial charge in [-0.3, -0.25) is 4.79 Å². The average molecular weight is 438 g/mol. The Morgan fingerprint density at radius 3 is 2.84 bits per heavy atom. The Labute approximate surface area is 186 Å². The number of carbonyl (C=O) groups excluding carboxylic acids is 1. The first kappa shape index (κ1) is 21.2. The van der Waals surface area contributed by atoms with E-state index < -0.39 is 0 Å². The lowest BCUT2D eigenvalue weighted by Gasteiger charge is -2.16. The predicted octanol–water partition coefficient (Wildman–Crippen LogP) is 4.06. The third-order valence-corrected chi connectivity index (χ3v) is 6.18. The summed E-state index contributed by atoms with van der Waals surface area (Å²) < 4.78 is 11.4. The second-order valence-corrected chi connectivity index (χ2v) is 8.45. The van der Waals surface area contributed by atoms with Gasteiger partial charge in [-0.2, -0.15) is 0 Å². The number of nitrogens with zero attached hydrogens (tertiary/aromatic N) is 2. The van der Waals surface area contributed by atoms with E-state index in [1.807, 2.05) is 60.1 Å². The van der Waals surface area contributed by atoms with E-state index in [1.54, 1.807) is 18.4 Å². The highest BCUT2D eigenvalue weighted by Crippen LogP contribution is 2.29. The van der Waals surface area contributed by atoms with Gasteiger partial charge < -0.3 is 19.7 Å². The number of amides is 1. The third-order valence-electron chi connectivity index (χ3n) is 5.35. The fourth-order valence-corrected chi connectivity index (χ4v) is 4.39. The number of anilines is 1. The molecule has 1 N–H and O–H groups in total. The van der Waals surface area contributed by atoms with E-state index in [9.17, 15) is 4.79 Å². The predicted molar refractivity (Wildman–Crippen MR) is 123 cm³/mol. The van der Waals surface area contributed by atoms with E-state index in [1.165, 1.54) is 0 Å². The fraction of sp³-hybridized carbons (Fsp3) is 0.333. The number of thiazole rings is 1. The molecule has 1 unspecified atom stereocenters. The summed E-state index contributed by atoms with van der Waals surface area (Å²) in [5, 5.41) is 6.17. The SMILES string of the molecule is COc1ccc(CCC(=O)NC2CCN(c3nccs3)C2)cc1OCc1ccccc1. The summed E-state index contributed by atoms with van der Waals surface area (Å²) in [4.78, 5) is 19.1. The number of ether oxygens (including phenoxy) is 2. The molecule has 7 heteroatoms. The summed E-state index contributed by atoms with van der Waals surface area (Å²) in [7, 11) is 1.63. The Balaban J connectivity index is 1.28. The molecule has 2 heterocycles. The number of carbonyl (C=O) groups is 1. The number of aromatic nitrogens is 1. The molecule has 1 atom stereocenters. The van der Waals surface area contributed by atoms with Crippen LogP contribution in [0.25, 0.3) is 0 Å². The van der Waals surface area contributed by atoms with Crippen molar-refractivity contribution in [1.29, 1.82) is 0 Å². The third kappa shape index (κ3) is 5.76. The second-order valence-electron chi connectivity index (χ2n) is 7.57. The van der Waals surface area contributed by atoms with Gasteiger partial charge in [-0.25, -0.2) is 4.98 Å². The van der Waals surface area contributed by atoms with Crippen molar-refractivity contribution in [2.45, 2.75) is 31.9 Å². The zero-order valence-corrected chi connectivity index (χ0v) is 18.4. The molecule has 1 amide bonds. The molecule has 1 aliphatic rings. The molecule has 4 rings (SSSR count). The summed E-state index contributed by atoms with van der Waals surface area (Å²) in [6, 6.07) is 16.1. The number of methoxy groups -OCH3 is 1. The van der Waals surface area contributed by atoms with E-state index >= 15 is 0 Å². The molecule has 1 aliphatic heterocycles. The van der Waals surface area contributed by atoms with Crippen LogP contribution < -0.4 is 19.7 Å². The molecule has 0 aliphatic carbocycles. The van der Waals surface area contributed by atoms with E-state index in [0.717, 1.165) is 35.8 Å². The molecule has 0 spiro atoms. The zero-order chi connectivity index (χ0) is 21.5. The number of hydrogen-bond donors (Lipinski definition) is 1. The Bertz CT molecular complexity index is 979. The molecule has 1 fully saturated rings. The van der Waals surface area contributed by atoms with Crippen LogP contribution in [-0.2, 0) is 17.8 Å². The Morgan fingerprint density at radius 1 is 1.19 bits per heavy atom. The molecule has 0 saturated carbocycles. The van der Waals surface area contributed by atoms with Crippen LogP contribution in [0.1, 0.15) is 24.0 Å². The minimum atomic E-state index is 0.0774. The molecule has 3 aromatic rings. The molecule has 2 aromatic carbocycles. The normalized spacial score (nSPS) is 15.6. The summed E-state index contributed by atoms with van der Waals surface area (Å²) in [5.74, 6) is 1.46. The number of benzene rings is 2. The van der Waals surface area contributed by atoms with Gasteiger partial charge in [-0.05, 0) is 36.1 Å². The van der Waals surface area contributed by atoms with E-state index in [0.29, 0.717) is 30.9 Å². The number of nitrogens with one attached hydrogen (secondary N) is 1. The van der Waals surface area contributed by atoms with Crippen molar-refractivity contribution in [3.05, 3.63) is 71.2 Å². The standard InChI is InChI=1S/C24H27N3O3S/c1-29-21-9-7-18(15-22(21)30-17-19-5-3-2-4-6-19)8-10-23(28)26-20-11-13-27(16-20)24-25-12-14-31-24/h2-7,9,12,14-15,20H,8,10-11,13,16-17H2,1H3,(H,26,28). The highest BCUT2D eigenvalue weighted by atomic mass is 32.1. The van der Waals surface area contributed by atoms with Crippen LogP contribution >= 0.6 is 11.3 Å². The van der Waals surface area contributed by atoms with Crippen LogP contribution in [0, 0.1) is 0 Å². The highest BCUT2D eigenvalue weighted by molar-refractivity contribution is 7.13. The average Bonchev–Trinajstić information content (AvgIpc) is 3.49. The molecule has 6 nitrogen and oxygen atoms in total. The minimum absolute atomic E-state index is 0.0774. The van der Waals surface area contributed by atoms with Crippen LogP contribution in [-0.4, -0.2) is 37.1 Å². The smallest absolute Gasteiger partial charge is 0.220 e. The van der Waals surface area contributed by atoms with Crippen molar-refractivity contribution in [1.82, 2.24) is 10.3 Å². The lowest BCUT2D eigenvalue weighted by molar-refractivity contribution is -0.121. The largest absolute Gasteiger partial charge is 0.493 e. The van der Waals surface area contributed by atoms with Gasteiger partial charge >= 0.3 is 0 Å². The molecule has 31 heavy (non-hydrogen) atoms. The first-order chi connectivity index (χ1) is 15.2. The van der Waals surface area contributed by atoms with E-state index in [2.05, 4.69) is 15.2 Å². The molecule has 162 valence electrons. The van der Waals surface area contributed by atoms with E-state index in [-0.39, 0.29) is 11.9 Å². The lowest BCUT2D eigenvalue weighted by Crippen LogP contribution is -2.37. The van der Waals surface area contributed by atoms with Gasteiger partial charge in [0, 0.05) is 37.1 Å². The first-order valence-corrected chi connectivity index (χ1v) is 11.4. The summed E-state index contributed by atoms with van der Waals surface area (Å²) in [6.45, 7) is 2.22. The van der Waals surface area contributed by atoms with Gasteiger partial charge in [0.05, 0.1) is 7.11 Å². The first-order valence-electron chi connectivity index (χ1n) is 10.5. The van der Waals surface area contributed by atoms with Crippen molar-refractivity contribution in [3.63, 3.8) is 0 Å². The van der Waals surface area contributed by atoms with Gasteiger partial charge in [0.15, 0.2) is 16.6 Å². The van der Waals surface area contributed by atoms with Crippen LogP contribution in [0.2, 0.25) is 0 Å². The number of rotatable bonds is 9. The van der Waals surface area contributed by atoms with Gasteiger partial charge in [0.1, 0.15) is 6.61 Å². The maximum Gasteiger partial charge on any atom is 0.220 e. The minimum Gasteiger partial charge on any atom is -0.493 e. The zero-order valence-electron chi connectivity index (χ0n) is 17.6.